The zero-order valence-corrected chi connectivity index (χ0v) is 38.6. The normalized spacial score (nSPS) is 21.8. The number of carbonyl (C=O) groups excluding carboxylic acids is 1. The standard InChI is InChI=1S/C50H97NO8/c1-3-5-7-9-11-13-15-17-18-19-20-21-22-23-24-25-26-27-29-31-33-35-37-39-45(53)51-42(40-58-50-48(56)49-47(55)44(59-50)41-57-49)46(54)43(52)38-36-34-32-30-28-16-14-12-10-8-6-4-2/h42-44,46-50,52,54-56H,3-41H2,1-2H3,(H,51,53)/t42-,43+,44+,46-,47-,48+,49-,50-/m0/s1. The summed E-state index contributed by atoms with van der Waals surface area (Å²) in [7, 11) is 0. The molecule has 350 valence electrons. The highest BCUT2D eigenvalue weighted by Crippen LogP contribution is 2.30. The van der Waals surface area contributed by atoms with Gasteiger partial charge in [-0.3, -0.25) is 4.79 Å². The number of carbonyl (C=O) groups is 1. The molecule has 2 aliphatic rings. The highest BCUT2D eigenvalue weighted by atomic mass is 16.7. The van der Waals surface area contributed by atoms with E-state index in [0.29, 0.717) is 12.8 Å². The molecule has 5 N–H and O–H groups in total. The van der Waals surface area contributed by atoms with Crippen LogP contribution in [-0.2, 0) is 19.0 Å². The summed E-state index contributed by atoms with van der Waals surface area (Å²) in [6.45, 7) is 4.57. The van der Waals surface area contributed by atoms with Crippen LogP contribution >= 0.6 is 0 Å². The highest BCUT2D eigenvalue weighted by Gasteiger charge is 2.51. The Kier molecular flexibility index (Phi) is 34.7. The first-order chi connectivity index (χ1) is 28.9. The number of rotatable bonds is 43. The van der Waals surface area contributed by atoms with Crippen molar-refractivity contribution in [3.05, 3.63) is 0 Å². The first-order valence-corrected chi connectivity index (χ1v) is 25.8. The molecule has 2 heterocycles. The lowest BCUT2D eigenvalue weighted by Crippen LogP contribution is -2.56. The minimum absolute atomic E-state index is 0.140. The Morgan fingerprint density at radius 2 is 0.932 bits per heavy atom. The van der Waals surface area contributed by atoms with Gasteiger partial charge in [0.1, 0.15) is 30.5 Å². The van der Waals surface area contributed by atoms with E-state index < -0.39 is 49.0 Å². The zero-order chi connectivity index (χ0) is 42.6. The van der Waals surface area contributed by atoms with Crippen molar-refractivity contribution in [2.75, 3.05) is 13.2 Å². The average Bonchev–Trinajstić information content (AvgIpc) is 3.51. The van der Waals surface area contributed by atoms with Gasteiger partial charge in [-0.05, 0) is 12.8 Å². The third kappa shape index (κ3) is 27.1. The van der Waals surface area contributed by atoms with E-state index in [1.165, 1.54) is 186 Å². The van der Waals surface area contributed by atoms with E-state index in [2.05, 4.69) is 19.2 Å². The fourth-order valence-electron chi connectivity index (χ4n) is 8.99. The highest BCUT2D eigenvalue weighted by molar-refractivity contribution is 5.76. The third-order valence-corrected chi connectivity index (χ3v) is 13.0. The van der Waals surface area contributed by atoms with Crippen LogP contribution in [0.4, 0.5) is 0 Å². The van der Waals surface area contributed by atoms with Crippen LogP contribution in [0.5, 0.6) is 0 Å². The molecule has 59 heavy (non-hydrogen) atoms. The molecule has 1 amide bonds. The molecule has 0 radical (unpaired) electrons. The summed E-state index contributed by atoms with van der Waals surface area (Å²) in [6, 6.07) is -0.861. The molecular weight excluding hydrogens is 743 g/mol. The van der Waals surface area contributed by atoms with E-state index in [-0.39, 0.29) is 19.1 Å². The van der Waals surface area contributed by atoms with Crippen LogP contribution in [0.1, 0.15) is 251 Å². The minimum Gasteiger partial charge on any atom is -0.390 e. The maximum Gasteiger partial charge on any atom is 0.220 e. The number of aliphatic hydroxyl groups excluding tert-OH is 4. The Labute approximate surface area is 363 Å². The van der Waals surface area contributed by atoms with Gasteiger partial charge in [0, 0.05) is 6.42 Å². The minimum atomic E-state index is -1.22. The lowest BCUT2D eigenvalue weighted by Gasteiger charge is -2.36. The number of hydrogen-bond acceptors (Lipinski definition) is 8. The molecular formula is C50H97NO8. The second kappa shape index (κ2) is 37.7. The summed E-state index contributed by atoms with van der Waals surface area (Å²) in [5.74, 6) is -0.178. The van der Waals surface area contributed by atoms with Gasteiger partial charge in [0.05, 0.1) is 25.4 Å². The topological polar surface area (TPSA) is 138 Å². The lowest BCUT2D eigenvalue weighted by molar-refractivity contribution is -0.265. The molecule has 2 fully saturated rings. The van der Waals surface area contributed by atoms with E-state index in [4.69, 9.17) is 14.2 Å². The third-order valence-electron chi connectivity index (χ3n) is 13.0. The first-order valence-electron chi connectivity index (χ1n) is 25.8. The summed E-state index contributed by atoms with van der Waals surface area (Å²) in [4.78, 5) is 13.0. The second-order valence-corrected chi connectivity index (χ2v) is 18.6. The van der Waals surface area contributed by atoms with E-state index in [0.717, 1.165) is 38.5 Å². The molecule has 2 aliphatic heterocycles. The van der Waals surface area contributed by atoms with Crippen molar-refractivity contribution in [2.45, 2.75) is 300 Å². The van der Waals surface area contributed by atoms with Crippen LogP contribution in [-0.4, -0.2) is 88.5 Å². The summed E-state index contributed by atoms with van der Waals surface area (Å²) in [5, 5.41) is 46.0. The molecule has 9 nitrogen and oxygen atoms in total. The number of nitrogens with one attached hydrogen (secondary N) is 1. The van der Waals surface area contributed by atoms with Gasteiger partial charge in [-0.15, -0.1) is 0 Å². The van der Waals surface area contributed by atoms with E-state index in [1.807, 2.05) is 0 Å². The van der Waals surface area contributed by atoms with Gasteiger partial charge in [-0.2, -0.15) is 0 Å². The molecule has 0 aromatic rings. The Balaban J connectivity index is 1.53. The molecule has 9 heteroatoms. The summed E-state index contributed by atoms with van der Waals surface area (Å²) >= 11 is 0. The van der Waals surface area contributed by atoms with Gasteiger partial charge < -0.3 is 40.0 Å². The van der Waals surface area contributed by atoms with Crippen LogP contribution in [0.2, 0.25) is 0 Å². The Morgan fingerprint density at radius 3 is 1.34 bits per heavy atom. The molecule has 0 spiro atoms. The number of amides is 1. The fourth-order valence-corrected chi connectivity index (χ4v) is 8.99. The van der Waals surface area contributed by atoms with Crippen LogP contribution in [0.25, 0.3) is 0 Å². The van der Waals surface area contributed by atoms with Gasteiger partial charge in [0.2, 0.25) is 5.91 Å². The van der Waals surface area contributed by atoms with Gasteiger partial charge >= 0.3 is 0 Å². The number of ether oxygens (including phenoxy) is 3. The van der Waals surface area contributed by atoms with Crippen molar-refractivity contribution in [1.82, 2.24) is 5.32 Å². The smallest absolute Gasteiger partial charge is 0.220 e. The van der Waals surface area contributed by atoms with Crippen molar-refractivity contribution in [3.63, 3.8) is 0 Å². The number of aliphatic hydroxyl groups is 4. The molecule has 2 rings (SSSR count). The summed E-state index contributed by atoms with van der Waals surface area (Å²) in [5.41, 5.74) is 0. The number of unbranched alkanes of at least 4 members (excludes halogenated alkanes) is 33. The van der Waals surface area contributed by atoms with E-state index >= 15 is 0 Å². The Bertz CT molecular complexity index is 941. The quantitative estimate of drug-likeness (QED) is 0.0383. The molecule has 2 saturated heterocycles. The first kappa shape index (κ1) is 54.3. The molecule has 0 saturated carbocycles. The van der Waals surface area contributed by atoms with Crippen LogP contribution < -0.4 is 5.32 Å². The predicted octanol–water partition coefficient (Wildman–Crippen LogP) is 11.5. The van der Waals surface area contributed by atoms with Crippen LogP contribution in [0.15, 0.2) is 0 Å². The SMILES string of the molecule is CCCCCCCCCCCCCCCCCCCCCCCCCC(=O)N[C@@H](CO[C@H]1O[C@@H]2CO[C@@H]([C@H]2O)[C@H]1O)[C@H](O)[C@H](O)CCCCCCCCCCCCCC. The number of hydrogen-bond donors (Lipinski definition) is 5. The van der Waals surface area contributed by atoms with Crippen LogP contribution in [0.3, 0.4) is 0 Å². The molecule has 0 aromatic heterocycles. The van der Waals surface area contributed by atoms with Gasteiger partial charge in [-0.1, -0.05) is 232 Å². The zero-order valence-electron chi connectivity index (χ0n) is 38.6. The van der Waals surface area contributed by atoms with Crippen LogP contribution in [0, 0.1) is 0 Å². The fraction of sp³-hybridized carbons (Fsp3) is 0.980. The average molecular weight is 840 g/mol. The largest absolute Gasteiger partial charge is 0.390 e. The van der Waals surface area contributed by atoms with Gasteiger partial charge in [-0.25, -0.2) is 0 Å². The Morgan fingerprint density at radius 1 is 0.559 bits per heavy atom. The monoisotopic (exact) mass is 840 g/mol. The van der Waals surface area contributed by atoms with Crippen molar-refractivity contribution in [1.29, 1.82) is 0 Å². The summed E-state index contributed by atoms with van der Waals surface area (Å²) in [6.07, 6.45) is 39.2. The molecule has 8 atom stereocenters. The molecule has 0 aromatic carbocycles. The van der Waals surface area contributed by atoms with Crippen molar-refractivity contribution in [2.24, 2.45) is 0 Å². The molecule has 0 unspecified atom stereocenters. The van der Waals surface area contributed by atoms with Crippen molar-refractivity contribution < 1.29 is 39.4 Å². The molecule has 0 aliphatic carbocycles. The molecule has 2 bridgehead atoms. The van der Waals surface area contributed by atoms with Crippen molar-refractivity contribution >= 4 is 5.91 Å². The maximum atomic E-state index is 13.0. The van der Waals surface area contributed by atoms with Crippen molar-refractivity contribution in [3.8, 4) is 0 Å². The summed E-state index contributed by atoms with van der Waals surface area (Å²) < 4.78 is 17.1. The van der Waals surface area contributed by atoms with E-state index in [9.17, 15) is 25.2 Å². The Hall–Kier alpha value is -0.810. The maximum absolute atomic E-state index is 13.0. The van der Waals surface area contributed by atoms with Gasteiger partial charge in [0.25, 0.3) is 0 Å². The lowest BCUT2D eigenvalue weighted by atomic mass is 9.99. The second-order valence-electron chi connectivity index (χ2n) is 18.6. The van der Waals surface area contributed by atoms with Gasteiger partial charge in [0.15, 0.2) is 6.29 Å². The number of fused-ring (bicyclic) bond motifs is 2. The predicted molar refractivity (Wildman–Crippen MR) is 242 cm³/mol. The van der Waals surface area contributed by atoms with E-state index in [1.54, 1.807) is 0 Å².